The molecule has 1 saturated heterocycles. The van der Waals surface area contributed by atoms with Crippen LogP contribution in [0, 0.1) is 3.77 Å². The van der Waals surface area contributed by atoms with Crippen LogP contribution < -0.4 is 16.0 Å². The third kappa shape index (κ3) is 3.73. The molecule has 25 heavy (non-hydrogen) atoms. The maximum absolute atomic E-state index is 12.0. The molecule has 1 aromatic carbocycles. The van der Waals surface area contributed by atoms with Crippen molar-refractivity contribution >= 4 is 52.2 Å². The van der Waals surface area contributed by atoms with E-state index in [0.29, 0.717) is 17.0 Å². The Hall–Kier alpha value is -2.62. The smallest absolute Gasteiger partial charge is 0.322 e. The van der Waals surface area contributed by atoms with Gasteiger partial charge in [-0.25, -0.2) is 4.79 Å². The van der Waals surface area contributed by atoms with Gasteiger partial charge in [0.25, 0.3) is 5.91 Å². The minimum absolute atomic E-state index is 0.339. The topological polar surface area (TPSA) is 100 Å². The van der Waals surface area contributed by atoms with Gasteiger partial charge in [0.05, 0.1) is 0 Å². The van der Waals surface area contributed by atoms with Gasteiger partial charge in [0, 0.05) is 11.8 Å². The van der Waals surface area contributed by atoms with Crippen LogP contribution in [0.1, 0.15) is 18.2 Å². The average Bonchev–Trinajstić information content (AvgIpc) is 3.09. The first-order valence-electron chi connectivity index (χ1n) is 7.35. The van der Waals surface area contributed by atoms with E-state index in [1.54, 1.807) is 49.4 Å². The summed E-state index contributed by atoms with van der Waals surface area (Å²) in [5.74, 6) is -0.201. The maximum Gasteiger partial charge on any atom is 0.322 e. The van der Waals surface area contributed by atoms with Crippen LogP contribution in [0.3, 0.4) is 0 Å². The predicted molar refractivity (Wildman–Crippen MR) is 99.6 cm³/mol. The maximum atomic E-state index is 12.0. The van der Waals surface area contributed by atoms with E-state index in [-0.39, 0.29) is 5.91 Å². The molecule has 1 atom stereocenters. The highest BCUT2D eigenvalue weighted by atomic mass is 127. The minimum atomic E-state index is -1.17. The number of hydrogen-bond donors (Lipinski definition) is 3. The molecule has 0 saturated carbocycles. The van der Waals surface area contributed by atoms with E-state index in [2.05, 4.69) is 16.0 Å². The second-order valence-electron chi connectivity index (χ2n) is 5.58. The van der Waals surface area contributed by atoms with Crippen molar-refractivity contribution in [2.24, 2.45) is 0 Å². The zero-order chi connectivity index (χ0) is 18.0. The predicted octanol–water partition coefficient (Wildman–Crippen LogP) is 2.59. The van der Waals surface area contributed by atoms with E-state index in [4.69, 9.17) is 4.42 Å². The van der Waals surface area contributed by atoms with Crippen molar-refractivity contribution < 1.29 is 18.8 Å². The normalized spacial score (nSPS) is 19.8. The van der Waals surface area contributed by atoms with E-state index in [0.717, 1.165) is 3.77 Å². The van der Waals surface area contributed by atoms with Gasteiger partial charge in [-0.15, -0.1) is 0 Å². The molecule has 7 nitrogen and oxygen atoms in total. The second kappa shape index (κ2) is 6.71. The number of amides is 4. The van der Waals surface area contributed by atoms with Gasteiger partial charge in [-0.3, -0.25) is 14.9 Å². The molecule has 2 heterocycles. The first-order valence-corrected chi connectivity index (χ1v) is 8.43. The number of urea groups is 1. The zero-order valence-corrected chi connectivity index (χ0v) is 15.3. The number of benzene rings is 1. The summed E-state index contributed by atoms with van der Waals surface area (Å²) in [5.41, 5.74) is -0.0898. The van der Waals surface area contributed by atoms with Gasteiger partial charge < -0.3 is 15.1 Å². The summed E-state index contributed by atoms with van der Waals surface area (Å²) in [4.78, 5) is 35.4. The lowest BCUT2D eigenvalue weighted by Gasteiger charge is -2.21. The number of anilines is 1. The third-order valence-corrected chi connectivity index (χ3v) is 4.32. The summed E-state index contributed by atoms with van der Waals surface area (Å²) in [7, 11) is 0. The molecule has 0 aliphatic carbocycles. The fourth-order valence-corrected chi connectivity index (χ4v) is 2.85. The van der Waals surface area contributed by atoms with Crippen molar-refractivity contribution in [3.63, 3.8) is 0 Å². The van der Waals surface area contributed by atoms with E-state index < -0.39 is 17.5 Å². The summed E-state index contributed by atoms with van der Waals surface area (Å²) in [5, 5.41) is 7.51. The van der Waals surface area contributed by atoms with Crippen molar-refractivity contribution in [1.82, 2.24) is 10.6 Å². The molecule has 0 spiro atoms. The van der Waals surface area contributed by atoms with Crippen molar-refractivity contribution in [3.05, 3.63) is 57.6 Å². The fraction of sp³-hybridized carbons (Fsp3) is 0.118. The average molecular weight is 451 g/mol. The molecule has 1 aliphatic rings. The van der Waals surface area contributed by atoms with Crippen molar-refractivity contribution in [1.29, 1.82) is 0 Å². The quantitative estimate of drug-likeness (QED) is 0.378. The lowest BCUT2D eigenvalue weighted by molar-refractivity contribution is -0.123. The van der Waals surface area contributed by atoms with Crippen LogP contribution in [0.15, 0.2) is 46.9 Å². The SMILES string of the molecule is CC1(c2cccc(NC(=O)/C=C/c3ccc(I)o3)c2)NC(=O)NC1=O. The Labute approximate surface area is 157 Å². The molecule has 1 unspecified atom stereocenters. The van der Waals surface area contributed by atoms with Crippen LogP contribution in [0.25, 0.3) is 6.08 Å². The van der Waals surface area contributed by atoms with Gasteiger partial charge in [-0.05, 0) is 65.4 Å². The van der Waals surface area contributed by atoms with Crippen LogP contribution in [0.5, 0.6) is 0 Å². The summed E-state index contributed by atoms with van der Waals surface area (Å²) in [6, 6.07) is 9.76. The summed E-state index contributed by atoms with van der Waals surface area (Å²) in [6.07, 6.45) is 2.92. The molecule has 3 N–H and O–H groups in total. The zero-order valence-electron chi connectivity index (χ0n) is 13.1. The van der Waals surface area contributed by atoms with Crippen molar-refractivity contribution in [2.45, 2.75) is 12.5 Å². The van der Waals surface area contributed by atoms with Crippen LogP contribution in [-0.2, 0) is 15.1 Å². The minimum Gasteiger partial charge on any atom is -0.451 e. The molecule has 1 aromatic heterocycles. The Bertz CT molecular complexity index is 890. The number of carbonyl (C=O) groups is 3. The first-order chi connectivity index (χ1) is 11.9. The number of carbonyl (C=O) groups excluding carboxylic acids is 3. The number of halogens is 1. The van der Waals surface area contributed by atoms with Gasteiger partial charge in [0.2, 0.25) is 5.91 Å². The molecule has 3 rings (SSSR count). The standard InChI is InChI=1S/C17H14IN3O4/c1-17(15(23)20-16(24)21-17)10-3-2-4-11(9-10)19-14(22)8-6-12-5-7-13(18)25-12/h2-9H,1H3,(H,19,22)(H2,20,21,23,24)/b8-6+. The molecule has 1 aliphatic heterocycles. The summed E-state index contributed by atoms with van der Waals surface area (Å²) < 4.78 is 6.07. The van der Waals surface area contributed by atoms with E-state index in [9.17, 15) is 14.4 Å². The largest absolute Gasteiger partial charge is 0.451 e. The monoisotopic (exact) mass is 451 g/mol. The second-order valence-corrected chi connectivity index (χ2v) is 6.64. The molecule has 0 radical (unpaired) electrons. The first kappa shape index (κ1) is 17.2. The van der Waals surface area contributed by atoms with Crippen LogP contribution in [0.4, 0.5) is 10.5 Å². The Morgan fingerprint density at radius 2 is 2.08 bits per heavy atom. The van der Waals surface area contributed by atoms with Crippen molar-refractivity contribution in [2.75, 3.05) is 5.32 Å². The highest BCUT2D eigenvalue weighted by molar-refractivity contribution is 14.1. The van der Waals surface area contributed by atoms with E-state index >= 15 is 0 Å². The summed E-state index contributed by atoms with van der Waals surface area (Å²) in [6.45, 7) is 1.60. The highest BCUT2D eigenvalue weighted by Gasteiger charge is 2.43. The van der Waals surface area contributed by atoms with Crippen LogP contribution in [-0.4, -0.2) is 17.8 Å². The van der Waals surface area contributed by atoms with Crippen LogP contribution >= 0.6 is 22.6 Å². The number of furan rings is 1. The number of hydrogen-bond acceptors (Lipinski definition) is 4. The van der Waals surface area contributed by atoms with Gasteiger partial charge in [-0.2, -0.15) is 0 Å². The van der Waals surface area contributed by atoms with Gasteiger partial charge >= 0.3 is 6.03 Å². The third-order valence-electron chi connectivity index (χ3n) is 3.75. The highest BCUT2D eigenvalue weighted by Crippen LogP contribution is 2.26. The molecular weight excluding hydrogens is 437 g/mol. The molecular formula is C17H14IN3O4. The summed E-state index contributed by atoms with van der Waals surface area (Å²) >= 11 is 2.04. The molecule has 1 fully saturated rings. The van der Waals surface area contributed by atoms with E-state index in [1.165, 1.54) is 6.08 Å². The number of nitrogens with one attached hydrogen (secondary N) is 3. The van der Waals surface area contributed by atoms with Crippen molar-refractivity contribution in [3.8, 4) is 0 Å². The van der Waals surface area contributed by atoms with Gasteiger partial charge in [0.15, 0.2) is 3.77 Å². The lowest BCUT2D eigenvalue weighted by Crippen LogP contribution is -2.40. The lowest BCUT2D eigenvalue weighted by atomic mass is 9.92. The molecule has 4 amide bonds. The Morgan fingerprint density at radius 3 is 2.72 bits per heavy atom. The Balaban J connectivity index is 1.73. The number of rotatable bonds is 4. The number of imide groups is 1. The van der Waals surface area contributed by atoms with E-state index in [1.807, 2.05) is 22.6 Å². The fourth-order valence-electron chi connectivity index (χ4n) is 2.41. The van der Waals surface area contributed by atoms with Crippen LogP contribution in [0.2, 0.25) is 0 Å². The molecule has 2 aromatic rings. The molecule has 8 heteroatoms. The molecule has 0 bridgehead atoms. The Morgan fingerprint density at radius 1 is 1.28 bits per heavy atom. The Kier molecular flexibility index (Phi) is 4.62. The van der Waals surface area contributed by atoms with Gasteiger partial charge in [-0.1, -0.05) is 12.1 Å². The van der Waals surface area contributed by atoms with Gasteiger partial charge in [0.1, 0.15) is 11.3 Å². The molecule has 128 valence electrons.